The molecule has 0 saturated carbocycles. The van der Waals surface area contributed by atoms with Gasteiger partial charge in [0.2, 0.25) is 0 Å². The number of hydrogen-bond donors (Lipinski definition) is 1. The predicted molar refractivity (Wildman–Crippen MR) is 84.0 cm³/mol. The Labute approximate surface area is 125 Å². The number of benzene rings is 1. The van der Waals surface area contributed by atoms with E-state index in [1.54, 1.807) is 11.8 Å². The minimum Gasteiger partial charge on any atom is -0.316 e. The summed E-state index contributed by atoms with van der Waals surface area (Å²) in [5.74, 6) is 1.16. The van der Waals surface area contributed by atoms with E-state index >= 15 is 0 Å². The number of hydrogen-bond acceptors (Lipinski definition) is 4. The van der Waals surface area contributed by atoms with E-state index < -0.39 is 9.84 Å². The Bertz CT molecular complexity index is 491. The highest BCUT2D eigenvalue weighted by Crippen LogP contribution is 2.23. The highest BCUT2D eigenvalue weighted by atomic mass is 35.5. The zero-order chi connectivity index (χ0) is 14.3. The first-order chi connectivity index (χ1) is 8.90. The molecule has 1 atom stereocenters. The van der Waals surface area contributed by atoms with E-state index in [4.69, 9.17) is 11.6 Å². The molecule has 6 heteroatoms. The van der Waals surface area contributed by atoms with Crippen molar-refractivity contribution in [1.82, 2.24) is 5.32 Å². The van der Waals surface area contributed by atoms with Gasteiger partial charge in [-0.15, -0.1) is 11.8 Å². The smallest absolute Gasteiger partial charge is 0.147 e. The topological polar surface area (TPSA) is 46.2 Å². The average Bonchev–Trinajstić information content (AvgIpc) is 2.32. The van der Waals surface area contributed by atoms with Crippen molar-refractivity contribution in [3.8, 4) is 0 Å². The van der Waals surface area contributed by atoms with E-state index in [1.165, 1.54) is 6.26 Å². The van der Waals surface area contributed by atoms with E-state index in [9.17, 15) is 8.42 Å². The van der Waals surface area contributed by atoms with Crippen LogP contribution in [0.5, 0.6) is 0 Å². The van der Waals surface area contributed by atoms with E-state index in [1.807, 2.05) is 31.3 Å². The molecule has 1 N–H and O–H groups in total. The highest BCUT2D eigenvalue weighted by Gasteiger charge is 2.09. The van der Waals surface area contributed by atoms with Gasteiger partial charge >= 0.3 is 0 Å². The summed E-state index contributed by atoms with van der Waals surface area (Å²) in [6.45, 7) is 0. The molecule has 0 fully saturated rings. The second-order valence-corrected chi connectivity index (χ2v) is 8.32. The first-order valence-corrected chi connectivity index (χ1v) is 9.56. The Balaban J connectivity index is 2.36. The van der Waals surface area contributed by atoms with Crippen molar-refractivity contribution in [1.29, 1.82) is 0 Å². The Hall–Kier alpha value is -0.230. The standard InChI is InChI=1S/C13H20ClNO2S2/c1-15-12(6-4-8-19(2,16)17)10-18-13-7-3-5-11(14)9-13/h3,5,7,9,12,15H,4,6,8,10H2,1-2H3. The van der Waals surface area contributed by atoms with Gasteiger partial charge in [-0.1, -0.05) is 17.7 Å². The van der Waals surface area contributed by atoms with E-state index in [0.29, 0.717) is 12.5 Å². The van der Waals surface area contributed by atoms with Crippen molar-refractivity contribution in [3.63, 3.8) is 0 Å². The fraction of sp³-hybridized carbons (Fsp3) is 0.538. The maximum absolute atomic E-state index is 11.1. The zero-order valence-corrected chi connectivity index (χ0v) is 13.6. The second-order valence-electron chi connectivity index (χ2n) is 4.53. The molecule has 0 saturated heterocycles. The maximum Gasteiger partial charge on any atom is 0.147 e. The van der Waals surface area contributed by atoms with E-state index in [-0.39, 0.29) is 5.75 Å². The normalized spacial score (nSPS) is 13.4. The van der Waals surface area contributed by atoms with Crippen molar-refractivity contribution in [3.05, 3.63) is 29.3 Å². The van der Waals surface area contributed by atoms with Gasteiger partial charge in [0.15, 0.2) is 0 Å². The largest absolute Gasteiger partial charge is 0.316 e. The van der Waals surface area contributed by atoms with Crippen molar-refractivity contribution < 1.29 is 8.42 Å². The van der Waals surface area contributed by atoms with Gasteiger partial charge in [-0.3, -0.25) is 0 Å². The van der Waals surface area contributed by atoms with E-state index in [0.717, 1.165) is 22.1 Å². The summed E-state index contributed by atoms with van der Waals surface area (Å²) in [5, 5.41) is 3.96. The highest BCUT2D eigenvalue weighted by molar-refractivity contribution is 7.99. The fourth-order valence-electron chi connectivity index (χ4n) is 1.66. The molecule has 1 unspecified atom stereocenters. The van der Waals surface area contributed by atoms with Gasteiger partial charge in [0, 0.05) is 33.7 Å². The third kappa shape index (κ3) is 7.82. The quantitative estimate of drug-likeness (QED) is 0.748. The van der Waals surface area contributed by atoms with Crippen LogP contribution in [0.25, 0.3) is 0 Å². The summed E-state index contributed by atoms with van der Waals surface area (Å²) >= 11 is 7.66. The Morgan fingerprint density at radius 3 is 2.74 bits per heavy atom. The minimum absolute atomic E-state index is 0.257. The molecule has 0 spiro atoms. The summed E-state index contributed by atoms with van der Waals surface area (Å²) in [4.78, 5) is 1.14. The molecule has 1 rings (SSSR count). The summed E-state index contributed by atoms with van der Waals surface area (Å²) in [7, 11) is -0.946. The van der Waals surface area contributed by atoms with Crippen LogP contribution in [0.1, 0.15) is 12.8 Å². The third-order valence-corrected chi connectivity index (χ3v) is 5.14. The van der Waals surface area contributed by atoms with Gasteiger partial charge in [0.1, 0.15) is 9.84 Å². The molecule has 0 aromatic heterocycles. The number of thioether (sulfide) groups is 1. The first kappa shape index (κ1) is 16.8. The number of nitrogens with one attached hydrogen (secondary N) is 1. The van der Waals surface area contributed by atoms with Crippen LogP contribution < -0.4 is 5.32 Å². The first-order valence-electron chi connectivity index (χ1n) is 6.14. The number of sulfone groups is 1. The predicted octanol–water partition coefficient (Wildman–Crippen LogP) is 2.84. The summed E-state index contributed by atoms with van der Waals surface area (Å²) in [6.07, 6.45) is 2.83. The molecule has 0 aliphatic rings. The average molecular weight is 322 g/mol. The van der Waals surface area contributed by atoms with Crippen LogP contribution in [0.3, 0.4) is 0 Å². The van der Waals surface area contributed by atoms with Crippen molar-refractivity contribution in [2.75, 3.05) is 24.8 Å². The van der Waals surface area contributed by atoms with Crippen LogP contribution in [0, 0.1) is 0 Å². The Morgan fingerprint density at radius 2 is 2.16 bits per heavy atom. The molecular weight excluding hydrogens is 302 g/mol. The van der Waals surface area contributed by atoms with Crippen LogP contribution in [-0.2, 0) is 9.84 Å². The van der Waals surface area contributed by atoms with Crippen LogP contribution in [0.2, 0.25) is 5.02 Å². The summed E-state index contributed by atoms with van der Waals surface area (Å²) in [5.41, 5.74) is 0. The molecule has 0 heterocycles. The number of rotatable bonds is 8. The summed E-state index contributed by atoms with van der Waals surface area (Å²) in [6, 6.07) is 8.07. The summed E-state index contributed by atoms with van der Waals surface area (Å²) < 4.78 is 22.2. The van der Waals surface area contributed by atoms with Gasteiger partial charge in [-0.2, -0.15) is 0 Å². The zero-order valence-electron chi connectivity index (χ0n) is 11.2. The molecule has 0 aliphatic heterocycles. The molecule has 1 aromatic carbocycles. The molecule has 0 aliphatic carbocycles. The van der Waals surface area contributed by atoms with Gasteiger partial charge in [0.25, 0.3) is 0 Å². The molecule has 0 radical (unpaired) electrons. The SMILES string of the molecule is CNC(CCCS(C)(=O)=O)CSc1cccc(Cl)c1. The molecule has 0 amide bonds. The lowest BCUT2D eigenvalue weighted by Gasteiger charge is -2.15. The fourth-order valence-corrected chi connectivity index (χ4v) is 3.71. The van der Waals surface area contributed by atoms with Crippen LogP contribution in [0.4, 0.5) is 0 Å². The van der Waals surface area contributed by atoms with Gasteiger partial charge < -0.3 is 5.32 Å². The van der Waals surface area contributed by atoms with E-state index in [2.05, 4.69) is 5.32 Å². The van der Waals surface area contributed by atoms with Crippen molar-refractivity contribution in [2.24, 2.45) is 0 Å². The molecule has 108 valence electrons. The van der Waals surface area contributed by atoms with Crippen LogP contribution in [0.15, 0.2) is 29.2 Å². The van der Waals surface area contributed by atoms with Crippen LogP contribution >= 0.6 is 23.4 Å². The Kier molecular flexibility index (Phi) is 7.21. The minimum atomic E-state index is -2.85. The number of halogens is 1. The molecule has 19 heavy (non-hydrogen) atoms. The monoisotopic (exact) mass is 321 g/mol. The lowest BCUT2D eigenvalue weighted by atomic mass is 10.2. The maximum atomic E-state index is 11.1. The molecule has 1 aromatic rings. The molecular formula is C13H20ClNO2S2. The lowest BCUT2D eigenvalue weighted by Crippen LogP contribution is -2.28. The Morgan fingerprint density at radius 1 is 1.42 bits per heavy atom. The molecule has 3 nitrogen and oxygen atoms in total. The van der Waals surface area contributed by atoms with Gasteiger partial charge in [0.05, 0.1) is 0 Å². The second kappa shape index (κ2) is 8.15. The van der Waals surface area contributed by atoms with Gasteiger partial charge in [-0.25, -0.2) is 8.42 Å². The van der Waals surface area contributed by atoms with Gasteiger partial charge in [-0.05, 0) is 38.1 Å². The molecule has 0 bridgehead atoms. The van der Waals surface area contributed by atoms with Crippen molar-refractivity contribution in [2.45, 2.75) is 23.8 Å². The third-order valence-electron chi connectivity index (χ3n) is 2.72. The lowest BCUT2D eigenvalue weighted by molar-refractivity contribution is 0.556. The van der Waals surface area contributed by atoms with Crippen molar-refractivity contribution >= 4 is 33.2 Å². The van der Waals surface area contributed by atoms with Crippen LogP contribution in [-0.4, -0.2) is 39.3 Å².